The van der Waals surface area contributed by atoms with Gasteiger partial charge in [-0.1, -0.05) is 18.2 Å². The van der Waals surface area contributed by atoms with Crippen molar-refractivity contribution in [2.24, 2.45) is 11.3 Å². The fourth-order valence-corrected chi connectivity index (χ4v) is 3.95. The summed E-state index contributed by atoms with van der Waals surface area (Å²) in [6.07, 6.45) is 0.412. The Morgan fingerprint density at radius 1 is 1.29 bits per heavy atom. The van der Waals surface area contributed by atoms with Crippen LogP contribution in [0.4, 0.5) is 0 Å². The van der Waals surface area contributed by atoms with Gasteiger partial charge >= 0.3 is 11.9 Å². The van der Waals surface area contributed by atoms with E-state index in [9.17, 15) is 14.9 Å². The highest BCUT2D eigenvalue weighted by molar-refractivity contribution is 8.00. The number of benzene rings is 1. The number of nitriles is 1. The molecule has 1 aliphatic carbocycles. The Bertz CT molecular complexity index is 583. The molecule has 0 bridgehead atoms. The number of carbonyl (C=O) groups is 2. The molecule has 0 N–H and O–H groups in total. The number of hydrogen-bond donors (Lipinski definition) is 0. The van der Waals surface area contributed by atoms with E-state index < -0.39 is 23.3 Å². The molecule has 5 nitrogen and oxygen atoms in total. The van der Waals surface area contributed by atoms with Gasteiger partial charge in [-0.2, -0.15) is 5.26 Å². The standard InChI is InChI=1S/C15H15NO4S/c1-19-13(17)11-8-12(15(11,9-16)14(18)20-2)21-10-6-4-3-5-7-10/h3-7,11-12H,8H2,1-2H3/t11-,12+,15+/m1/s1. The second-order valence-electron chi connectivity index (χ2n) is 4.70. The van der Waals surface area contributed by atoms with Crippen LogP contribution in [0, 0.1) is 22.7 Å². The third-order valence-electron chi connectivity index (χ3n) is 3.72. The van der Waals surface area contributed by atoms with Crippen LogP contribution < -0.4 is 0 Å². The van der Waals surface area contributed by atoms with Gasteiger partial charge in [0, 0.05) is 10.1 Å². The normalized spacial score (nSPS) is 27.1. The molecule has 6 heteroatoms. The monoisotopic (exact) mass is 305 g/mol. The van der Waals surface area contributed by atoms with Crippen molar-refractivity contribution in [2.75, 3.05) is 14.2 Å². The number of hydrogen-bond acceptors (Lipinski definition) is 6. The highest BCUT2D eigenvalue weighted by Gasteiger charge is 2.65. The molecule has 0 heterocycles. The van der Waals surface area contributed by atoms with E-state index >= 15 is 0 Å². The van der Waals surface area contributed by atoms with Crippen molar-refractivity contribution in [1.82, 2.24) is 0 Å². The molecule has 1 aromatic rings. The van der Waals surface area contributed by atoms with Crippen molar-refractivity contribution in [3.8, 4) is 6.07 Å². The van der Waals surface area contributed by atoms with Gasteiger partial charge < -0.3 is 9.47 Å². The average Bonchev–Trinajstić information content (AvgIpc) is 2.52. The van der Waals surface area contributed by atoms with Crippen LogP contribution in [0.15, 0.2) is 35.2 Å². The molecule has 1 aromatic carbocycles. The summed E-state index contributed by atoms with van der Waals surface area (Å²) in [4.78, 5) is 24.8. The lowest BCUT2D eigenvalue weighted by molar-refractivity contribution is -0.170. The molecule has 0 amide bonds. The molecule has 0 spiro atoms. The quantitative estimate of drug-likeness (QED) is 0.792. The molecule has 21 heavy (non-hydrogen) atoms. The summed E-state index contributed by atoms with van der Waals surface area (Å²) in [5.74, 6) is -2.01. The van der Waals surface area contributed by atoms with Crippen LogP contribution in [-0.2, 0) is 19.1 Å². The van der Waals surface area contributed by atoms with E-state index in [1.165, 1.54) is 26.0 Å². The smallest absolute Gasteiger partial charge is 0.328 e. The van der Waals surface area contributed by atoms with Gasteiger partial charge in [-0.05, 0) is 18.6 Å². The molecule has 0 saturated heterocycles. The predicted molar refractivity (Wildman–Crippen MR) is 76.3 cm³/mol. The number of ether oxygens (including phenoxy) is 2. The average molecular weight is 305 g/mol. The van der Waals surface area contributed by atoms with Gasteiger partial charge in [0.05, 0.1) is 26.2 Å². The second kappa shape index (κ2) is 6.19. The minimum Gasteiger partial charge on any atom is -0.469 e. The van der Waals surface area contributed by atoms with Crippen molar-refractivity contribution in [3.05, 3.63) is 30.3 Å². The van der Waals surface area contributed by atoms with E-state index in [-0.39, 0.29) is 5.25 Å². The summed E-state index contributed by atoms with van der Waals surface area (Å²) >= 11 is 1.41. The molecule has 0 radical (unpaired) electrons. The summed E-state index contributed by atoms with van der Waals surface area (Å²) in [6, 6.07) is 11.5. The Morgan fingerprint density at radius 2 is 1.95 bits per heavy atom. The Labute approximate surface area is 127 Å². The van der Waals surface area contributed by atoms with Gasteiger partial charge in [-0.15, -0.1) is 11.8 Å². The molecule has 0 aromatic heterocycles. The summed E-state index contributed by atoms with van der Waals surface area (Å²) in [5, 5.41) is 9.20. The summed E-state index contributed by atoms with van der Waals surface area (Å²) in [6.45, 7) is 0. The fourth-order valence-electron chi connectivity index (χ4n) is 2.52. The predicted octanol–water partition coefficient (Wildman–Crippen LogP) is 2.02. The summed E-state index contributed by atoms with van der Waals surface area (Å²) in [7, 11) is 2.47. The van der Waals surface area contributed by atoms with Crippen LogP contribution >= 0.6 is 11.8 Å². The van der Waals surface area contributed by atoms with Gasteiger partial charge in [-0.25, -0.2) is 0 Å². The Hall–Kier alpha value is -2.00. The Balaban J connectivity index is 2.29. The molecular weight excluding hydrogens is 290 g/mol. The maximum atomic E-state index is 12.1. The number of methoxy groups -OCH3 is 2. The number of thioether (sulfide) groups is 1. The minimum atomic E-state index is -1.48. The highest BCUT2D eigenvalue weighted by Crippen LogP contribution is 2.55. The van der Waals surface area contributed by atoms with Crippen molar-refractivity contribution in [3.63, 3.8) is 0 Å². The SMILES string of the molecule is COC(=O)[C@H]1C[C@H](Sc2ccccc2)[C@@]1(C#N)C(=O)OC. The van der Waals surface area contributed by atoms with Crippen molar-refractivity contribution >= 4 is 23.7 Å². The van der Waals surface area contributed by atoms with Crippen LogP contribution in [0.2, 0.25) is 0 Å². The Kier molecular flexibility index (Phi) is 4.53. The molecule has 1 saturated carbocycles. The molecule has 110 valence electrons. The first kappa shape index (κ1) is 15.4. The van der Waals surface area contributed by atoms with E-state index in [1.54, 1.807) is 0 Å². The molecule has 1 fully saturated rings. The molecule has 0 unspecified atom stereocenters. The van der Waals surface area contributed by atoms with Gasteiger partial charge in [0.2, 0.25) is 0 Å². The number of nitrogens with zero attached hydrogens (tertiary/aromatic N) is 1. The van der Waals surface area contributed by atoms with Gasteiger partial charge in [0.1, 0.15) is 0 Å². The van der Waals surface area contributed by atoms with Crippen LogP contribution in [-0.4, -0.2) is 31.4 Å². The zero-order valence-corrected chi connectivity index (χ0v) is 12.6. The van der Waals surface area contributed by atoms with E-state index in [2.05, 4.69) is 0 Å². The summed E-state index contributed by atoms with van der Waals surface area (Å²) < 4.78 is 9.46. The van der Waals surface area contributed by atoms with Crippen LogP contribution in [0.25, 0.3) is 0 Å². The van der Waals surface area contributed by atoms with Gasteiger partial charge in [-0.3, -0.25) is 9.59 Å². The van der Waals surface area contributed by atoms with E-state index in [0.717, 1.165) is 4.90 Å². The maximum absolute atomic E-state index is 12.1. The third-order valence-corrected chi connectivity index (χ3v) is 5.12. The molecule has 3 atom stereocenters. The van der Waals surface area contributed by atoms with E-state index in [1.807, 2.05) is 36.4 Å². The fraction of sp³-hybridized carbons (Fsp3) is 0.400. The lowest BCUT2D eigenvalue weighted by Gasteiger charge is -2.46. The van der Waals surface area contributed by atoms with Crippen molar-refractivity contribution in [2.45, 2.75) is 16.6 Å². The third kappa shape index (κ3) is 2.49. The van der Waals surface area contributed by atoms with Gasteiger partial charge in [0.25, 0.3) is 0 Å². The maximum Gasteiger partial charge on any atom is 0.328 e. The number of carbonyl (C=O) groups excluding carboxylic acids is 2. The minimum absolute atomic E-state index is 0.332. The second-order valence-corrected chi connectivity index (χ2v) is 5.98. The van der Waals surface area contributed by atoms with Gasteiger partial charge in [0.15, 0.2) is 5.41 Å². The first-order valence-electron chi connectivity index (χ1n) is 6.39. The number of esters is 2. The summed E-state index contributed by atoms with van der Waals surface area (Å²) in [5.41, 5.74) is -1.48. The largest absolute Gasteiger partial charge is 0.469 e. The molecule has 0 aliphatic heterocycles. The molecular formula is C15H15NO4S. The van der Waals surface area contributed by atoms with Crippen molar-refractivity contribution in [1.29, 1.82) is 5.26 Å². The topological polar surface area (TPSA) is 76.4 Å². The lowest BCUT2D eigenvalue weighted by Crippen LogP contribution is -2.59. The van der Waals surface area contributed by atoms with Crippen LogP contribution in [0.5, 0.6) is 0 Å². The molecule has 1 aliphatic rings. The Morgan fingerprint density at radius 3 is 2.48 bits per heavy atom. The van der Waals surface area contributed by atoms with Crippen molar-refractivity contribution < 1.29 is 19.1 Å². The van der Waals surface area contributed by atoms with Crippen LogP contribution in [0.3, 0.4) is 0 Å². The van der Waals surface area contributed by atoms with E-state index in [0.29, 0.717) is 6.42 Å². The molecule has 2 rings (SSSR count). The number of rotatable bonds is 4. The van der Waals surface area contributed by atoms with E-state index in [4.69, 9.17) is 9.47 Å². The first-order valence-corrected chi connectivity index (χ1v) is 7.27. The first-order chi connectivity index (χ1) is 10.1. The zero-order chi connectivity index (χ0) is 15.5. The highest BCUT2D eigenvalue weighted by atomic mass is 32.2. The lowest BCUT2D eigenvalue weighted by atomic mass is 9.60. The van der Waals surface area contributed by atoms with Crippen LogP contribution in [0.1, 0.15) is 6.42 Å². The zero-order valence-electron chi connectivity index (χ0n) is 11.7.